The molecular weight excluding hydrogens is 401 g/mol. The number of carboxylic acid groups (broad SMARTS) is 1. The fraction of sp³-hybridized carbons (Fsp3) is 0.143. The predicted octanol–water partition coefficient (Wildman–Crippen LogP) is 6.15. The summed E-state index contributed by atoms with van der Waals surface area (Å²) in [5, 5.41) is 9.22. The lowest BCUT2D eigenvalue weighted by Gasteiger charge is -2.16. The molecule has 0 unspecified atom stereocenters. The molecule has 0 spiro atoms. The van der Waals surface area contributed by atoms with Gasteiger partial charge in [0.2, 0.25) is 0 Å². The van der Waals surface area contributed by atoms with Gasteiger partial charge in [-0.2, -0.15) is 13.2 Å². The number of halogens is 3. The van der Waals surface area contributed by atoms with Crippen molar-refractivity contribution >= 4 is 23.6 Å². The normalized spacial score (nSPS) is 11.3. The lowest BCUT2D eigenvalue weighted by atomic mass is 10.0. The number of aryl methyl sites for hydroxylation is 1. The number of carboxylic acids is 1. The Kier molecular flexibility index (Phi) is 6.12. The van der Waals surface area contributed by atoms with Crippen LogP contribution in [0.15, 0.2) is 65.8 Å². The van der Waals surface area contributed by atoms with Gasteiger partial charge in [0.15, 0.2) is 0 Å². The maximum Gasteiger partial charge on any atom is 0.416 e. The number of hydrogen-bond acceptors (Lipinski definition) is 4. The molecule has 4 nitrogen and oxygen atoms in total. The molecule has 0 saturated carbocycles. The number of aromatic nitrogens is 1. The van der Waals surface area contributed by atoms with Gasteiger partial charge in [-0.15, -0.1) is 0 Å². The summed E-state index contributed by atoms with van der Waals surface area (Å²) in [7, 11) is 0. The van der Waals surface area contributed by atoms with Gasteiger partial charge in [-0.1, -0.05) is 25.1 Å². The molecule has 0 saturated heterocycles. The highest BCUT2D eigenvalue weighted by molar-refractivity contribution is 8.00. The smallest absolute Gasteiger partial charge is 0.416 e. The zero-order valence-corrected chi connectivity index (χ0v) is 16.1. The Hall–Kier alpha value is -3.00. The van der Waals surface area contributed by atoms with Crippen LogP contribution >= 0.6 is 11.9 Å². The molecule has 1 heterocycles. The zero-order valence-electron chi connectivity index (χ0n) is 15.3. The molecule has 1 aromatic heterocycles. The van der Waals surface area contributed by atoms with E-state index in [1.807, 2.05) is 6.92 Å². The van der Waals surface area contributed by atoms with Crippen molar-refractivity contribution in [3.8, 4) is 11.1 Å². The maximum atomic E-state index is 13.2. The van der Waals surface area contributed by atoms with Crippen LogP contribution in [0.3, 0.4) is 0 Å². The number of aromatic carboxylic acids is 1. The van der Waals surface area contributed by atoms with Crippen LogP contribution in [0.25, 0.3) is 11.1 Å². The topological polar surface area (TPSA) is 62.2 Å². The van der Waals surface area contributed by atoms with Gasteiger partial charge < -0.3 is 9.83 Å². The highest BCUT2D eigenvalue weighted by Gasteiger charge is 2.31. The van der Waals surface area contributed by atoms with E-state index in [4.69, 9.17) is 0 Å². The van der Waals surface area contributed by atoms with Crippen molar-refractivity contribution in [1.82, 2.24) is 4.98 Å². The molecule has 150 valence electrons. The van der Waals surface area contributed by atoms with Gasteiger partial charge in [-0.05, 0) is 54.3 Å². The van der Waals surface area contributed by atoms with Crippen molar-refractivity contribution in [2.75, 3.05) is 4.72 Å². The van der Waals surface area contributed by atoms with Gasteiger partial charge in [0.1, 0.15) is 0 Å². The quantitative estimate of drug-likeness (QED) is 0.470. The first-order valence-corrected chi connectivity index (χ1v) is 9.52. The van der Waals surface area contributed by atoms with E-state index in [0.717, 1.165) is 29.6 Å². The number of carbonyl (C=O) groups is 1. The van der Waals surface area contributed by atoms with Crippen molar-refractivity contribution in [1.29, 1.82) is 0 Å². The molecule has 0 amide bonds. The highest BCUT2D eigenvalue weighted by atomic mass is 32.2. The minimum atomic E-state index is -4.48. The minimum Gasteiger partial charge on any atom is -0.478 e. The summed E-state index contributed by atoms with van der Waals surface area (Å²) >= 11 is 1.08. The Bertz CT molecular complexity index is 1020. The Morgan fingerprint density at radius 2 is 1.97 bits per heavy atom. The first-order chi connectivity index (χ1) is 13.8. The van der Waals surface area contributed by atoms with Gasteiger partial charge in [0, 0.05) is 28.4 Å². The fourth-order valence-electron chi connectivity index (χ4n) is 2.76. The monoisotopic (exact) mass is 418 g/mol. The van der Waals surface area contributed by atoms with Crippen LogP contribution in [-0.2, 0) is 12.6 Å². The number of nitrogens with zero attached hydrogens (tertiary/aromatic N) is 1. The van der Waals surface area contributed by atoms with Gasteiger partial charge in [-0.3, -0.25) is 4.98 Å². The molecule has 3 aromatic rings. The second-order valence-electron chi connectivity index (χ2n) is 6.19. The molecule has 29 heavy (non-hydrogen) atoms. The number of benzene rings is 2. The number of alkyl halides is 3. The van der Waals surface area contributed by atoms with Crippen molar-refractivity contribution in [2.24, 2.45) is 0 Å². The third kappa shape index (κ3) is 4.89. The Morgan fingerprint density at radius 1 is 1.17 bits per heavy atom. The summed E-state index contributed by atoms with van der Waals surface area (Å²) in [6, 6.07) is 11.7. The number of nitrogens with one attached hydrogen (secondary N) is 1. The summed E-state index contributed by atoms with van der Waals surface area (Å²) in [6.45, 7) is 1.92. The highest BCUT2D eigenvalue weighted by Crippen LogP contribution is 2.38. The van der Waals surface area contributed by atoms with E-state index >= 15 is 0 Å². The van der Waals surface area contributed by atoms with E-state index < -0.39 is 17.7 Å². The minimum absolute atomic E-state index is 0.114. The third-order valence-corrected chi connectivity index (χ3v) is 5.21. The Balaban J connectivity index is 1.99. The van der Waals surface area contributed by atoms with Crippen molar-refractivity contribution in [3.05, 3.63) is 77.6 Å². The van der Waals surface area contributed by atoms with E-state index in [2.05, 4.69) is 9.71 Å². The number of hydrogen-bond donors (Lipinski definition) is 2. The Labute approximate surface area is 169 Å². The molecule has 0 fully saturated rings. The largest absolute Gasteiger partial charge is 0.478 e. The van der Waals surface area contributed by atoms with Crippen LogP contribution in [0.4, 0.5) is 18.9 Å². The van der Waals surface area contributed by atoms with Crippen molar-refractivity contribution < 1.29 is 23.1 Å². The number of pyridine rings is 1. The molecule has 0 aliphatic heterocycles. The lowest BCUT2D eigenvalue weighted by Crippen LogP contribution is -2.06. The zero-order chi connectivity index (χ0) is 21.0. The molecule has 0 atom stereocenters. The summed E-state index contributed by atoms with van der Waals surface area (Å²) in [6.07, 6.45) is -0.671. The SMILES string of the molecule is CCc1ccc(C(=O)O)cc1SNc1cc(C(F)(F)F)ccc1-c1cccnc1. The number of anilines is 1. The van der Waals surface area contributed by atoms with Crippen LogP contribution in [0.5, 0.6) is 0 Å². The van der Waals surface area contributed by atoms with E-state index in [0.29, 0.717) is 22.4 Å². The average Bonchev–Trinajstić information content (AvgIpc) is 2.71. The first-order valence-electron chi connectivity index (χ1n) is 8.70. The molecule has 0 aliphatic carbocycles. The third-order valence-electron chi connectivity index (χ3n) is 4.29. The molecule has 0 bridgehead atoms. The second-order valence-corrected chi connectivity index (χ2v) is 7.03. The summed E-state index contributed by atoms with van der Waals surface area (Å²) in [5.74, 6) is -1.07. The second kappa shape index (κ2) is 8.57. The van der Waals surface area contributed by atoms with E-state index in [-0.39, 0.29) is 11.3 Å². The van der Waals surface area contributed by atoms with E-state index in [1.165, 1.54) is 18.2 Å². The fourth-order valence-corrected chi connectivity index (χ4v) is 3.68. The molecular formula is C21H17F3N2O2S. The molecule has 2 N–H and O–H groups in total. The molecule has 0 radical (unpaired) electrons. The molecule has 3 rings (SSSR count). The van der Waals surface area contributed by atoms with Crippen LogP contribution in [0.1, 0.15) is 28.4 Å². The van der Waals surface area contributed by atoms with E-state index in [1.54, 1.807) is 30.6 Å². The van der Waals surface area contributed by atoms with E-state index in [9.17, 15) is 23.1 Å². The van der Waals surface area contributed by atoms with Gasteiger partial charge >= 0.3 is 12.1 Å². The van der Waals surface area contributed by atoms with Gasteiger partial charge in [-0.25, -0.2) is 4.79 Å². The molecule has 8 heteroatoms. The van der Waals surface area contributed by atoms with Crippen molar-refractivity contribution in [2.45, 2.75) is 24.4 Å². The average molecular weight is 418 g/mol. The summed E-state index contributed by atoms with van der Waals surface area (Å²) in [5.41, 5.74) is 1.72. The standard InChI is InChI=1S/C21H17F3N2O2S/c1-2-13-5-6-14(20(27)28)10-19(13)29-26-18-11-16(21(22,23)24)7-8-17(18)15-4-3-9-25-12-15/h3-12,26H,2H2,1H3,(H,27,28). The molecule has 0 aliphatic rings. The van der Waals surface area contributed by atoms with Crippen molar-refractivity contribution in [3.63, 3.8) is 0 Å². The van der Waals surface area contributed by atoms with Crippen LogP contribution in [0, 0.1) is 0 Å². The van der Waals surface area contributed by atoms with Crippen LogP contribution < -0.4 is 4.72 Å². The predicted molar refractivity (Wildman–Crippen MR) is 107 cm³/mol. The van der Waals surface area contributed by atoms with Gasteiger partial charge in [0.25, 0.3) is 0 Å². The maximum absolute atomic E-state index is 13.2. The Morgan fingerprint density at radius 3 is 2.59 bits per heavy atom. The summed E-state index contributed by atoms with van der Waals surface area (Å²) in [4.78, 5) is 15.9. The number of rotatable bonds is 6. The molecule has 2 aromatic carbocycles. The van der Waals surface area contributed by atoms with Crippen LogP contribution in [0.2, 0.25) is 0 Å². The summed E-state index contributed by atoms with van der Waals surface area (Å²) < 4.78 is 42.6. The van der Waals surface area contributed by atoms with Crippen LogP contribution in [-0.4, -0.2) is 16.1 Å². The van der Waals surface area contributed by atoms with Gasteiger partial charge in [0.05, 0.1) is 16.8 Å². The first kappa shape index (κ1) is 20.7. The lowest BCUT2D eigenvalue weighted by molar-refractivity contribution is -0.137.